The predicted octanol–water partition coefficient (Wildman–Crippen LogP) is 6.99. The molecule has 1 heterocycles. The van der Waals surface area contributed by atoms with Gasteiger partial charge in [-0.15, -0.1) is 12.6 Å². The van der Waals surface area contributed by atoms with Gasteiger partial charge in [0.1, 0.15) is 23.2 Å². The molecule has 0 bridgehead atoms. The number of thiol groups is 1. The van der Waals surface area contributed by atoms with Crippen LogP contribution in [0.15, 0.2) is 59.6 Å². The summed E-state index contributed by atoms with van der Waals surface area (Å²) in [6, 6.07) is 10.4. The molecule has 4 rings (SSSR count). The van der Waals surface area contributed by atoms with E-state index >= 15 is 0 Å². The van der Waals surface area contributed by atoms with E-state index in [2.05, 4.69) is 22.9 Å². The van der Waals surface area contributed by atoms with Crippen LogP contribution in [0.5, 0.6) is 0 Å². The molecule has 1 saturated carbocycles. The lowest BCUT2D eigenvalue weighted by atomic mass is 9.64. The molecular formula is C28H30ClF3N2O3S. The molecule has 0 aliphatic heterocycles. The SMILES string of the molecule is CCC1CCCC(C)C1(O)C(O)c1ncccc1F.O=C(Nc1ccc(F)c(F)c1)c1ccc(Cl)c(S)c1. The van der Waals surface area contributed by atoms with E-state index in [0.29, 0.717) is 15.5 Å². The number of nitrogens with zero attached hydrogens (tertiary/aromatic N) is 1. The molecule has 3 aromatic rings. The summed E-state index contributed by atoms with van der Waals surface area (Å²) < 4.78 is 39.5. The zero-order valence-corrected chi connectivity index (χ0v) is 22.6. The van der Waals surface area contributed by atoms with Crippen LogP contribution in [0.3, 0.4) is 0 Å². The maximum Gasteiger partial charge on any atom is 0.255 e. The Balaban J connectivity index is 0.000000211. The Bertz CT molecular complexity index is 1280. The fourth-order valence-corrected chi connectivity index (χ4v) is 5.14. The number of carbonyl (C=O) groups excluding carboxylic acids is 1. The Kier molecular flexibility index (Phi) is 10.2. The van der Waals surface area contributed by atoms with Crippen molar-refractivity contribution in [3.63, 3.8) is 0 Å². The van der Waals surface area contributed by atoms with Crippen molar-refractivity contribution < 1.29 is 28.2 Å². The molecule has 2 aromatic carbocycles. The largest absolute Gasteiger partial charge is 0.386 e. The Morgan fingerprint density at radius 1 is 1.16 bits per heavy atom. The average Bonchev–Trinajstić information content (AvgIpc) is 2.89. The van der Waals surface area contributed by atoms with E-state index in [1.807, 2.05) is 13.8 Å². The van der Waals surface area contributed by atoms with Gasteiger partial charge in [0.15, 0.2) is 11.6 Å². The van der Waals surface area contributed by atoms with Gasteiger partial charge in [0.05, 0.1) is 5.02 Å². The second-order valence-corrected chi connectivity index (χ2v) is 10.2. The van der Waals surface area contributed by atoms with Crippen molar-refractivity contribution >= 4 is 35.8 Å². The van der Waals surface area contributed by atoms with E-state index in [1.165, 1.54) is 42.6 Å². The van der Waals surface area contributed by atoms with Gasteiger partial charge in [-0.1, -0.05) is 38.3 Å². The highest BCUT2D eigenvalue weighted by molar-refractivity contribution is 7.80. The maximum absolute atomic E-state index is 13.8. The molecule has 204 valence electrons. The summed E-state index contributed by atoms with van der Waals surface area (Å²) in [5.41, 5.74) is -0.849. The molecule has 1 amide bonds. The normalized spacial score (nSPS) is 21.7. The van der Waals surface area contributed by atoms with Crippen molar-refractivity contribution in [1.82, 2.24) is 4.98 Å². The van der Waals surface area contributed by atoms with Gasteiger partial charge >= 0.3 is 0 Å². The minimum atomic E-state index is -1.29. The number of aliphatic hydroxyl groups excluding tert-OH is 1. The van der Waals surface area contributed by atoms with Crippen LogP contribution in [-0.4, -0.2) is 26.7 Å². The first-order chi connectivity index (χ1) is 18.0. The first-order valence-electron chi connectivity index (χ1n) is 12.2. The van der Waals surface area contributed by atoms with Crippen molar-refractivity contribution in [2.75, 3.05) is 5.32 Å². The first kappa shape index (κ1) is 30.0. The van der Waals surface area contributed by atoms with Crippen LogP contribution >= 0.6 is 24.2 Å². The number of aromatic nitrogens is 1. The van der Waals surface area contributed by atoms with Crippen molar-refractivity contribution in [2.45, 2.75) is 56.1 Å². The fraction of sp³-hybridized carbons (Fsp3) is 0.357. The molecule has 1 aliphatic rings. The van der Waals surface area contributed by atoms with Gasteiger partial charge in [0.25, 0.3) is 5.91 Å². The lowest BCUT2D eigenvalue weighted by Gasteiger charge is -2.47. The highest BCUT2D eigenvalue weighted by Gasteiger charge is 2.50. The maximum atomic E-state index is 13.8. The number of hydrogen-bond donors (Lipinski definition) is 4. The first-order valence-corrected chi connectivity index (χ1v) is 13.1. The molecular weight excluding hydrogens is 537 g/mol. The number of hydrogen-bond acceptors (Lipinski definition) is 5. The smallest absolute Gasteiger partial charge is 0.255 e. The van der Waals surface area contributed by atoms with Crippen molar-refractivity contribution in [3.05, 3.63) is 88.5 Å². The average molecular weight is 567 g/mol. The number of nitrogens with one attached hydrogen (secondary N) is 1. The van der Waals surface area contributed by atoms with Gasteiger partial charge in [-0.05, 0) is 67.1 Å². The molecule has 4 unspecified atom stereocenters. The molecule has 0 radical (unpaired) electrons. The molecule has 0 saturated heterocycles. The number of rotatable bonds is 5. The van der Waals surface area contributed by atoms with Crippen molar-refractivity contribution in [2.24, 2.45) is 11.8 Å². The topological polar surface area (TPSA) is 82.5 Å². The van der Waals surface area contributed by atoms with E-state index in [4.69, 9.17) is 11.6 Å². The number of carbonyl (C=O) groups is 1. The third kappa shape index (κ3) is 6.69. The number of halogens is 4. The number of benzene rings is 2. The lowest BCUT2D eigenvalue weighted by molar-refractivity contribution is -0.169. The van der Waals surface area contributed by atoms with Crippen molar-refractivity contribution in [3.8, 4) is 0 Å². The van der Waals surface area contributed by atoms with Gasteiger partial charge in [-0.2, -0.15) is 0 Å². The monoisotopic (exact) mass is 566 g/mol. The standard InChI is InChI=1S/C15H22FNO2.C13H8ClF2NOS/c1-3-11-7-4-6-10(2)15(11,19)14(18)13-12(16)8-5-9-17-13;14-9-3-1-7(5-12(9)19)13(18)17-8-2-4-10(15)11(16)6-8/h5,8-11,14,18-19H,3-4,6-7H2,1-2H3;1-6,19H,(H,17,18). The minimum Gasteiger partial charge on any atom is -0.386 e. The summed E-state index contributed by atoms with van der Waals surface area (Å²) in [6.45, 7) is 3.92. The summed E-state index contributed by atoms with van der Waals surface area (Å²) in [7, 11) is 0. The molecule has 1 fully saturated rings. The number of amides is 1. The Morgan fingerprint density at radius 3 is 2.53 bits per heavy atom. The zero-order chi connectivity index (χ0) is 28.0. The fourth-order valence-electron chi connectivity index (χ4n) is 4.81. The van der Waals surface area contributed by atoms with Gasteiger partial charge in [0.2, 0.25) is 0 Å². The van der Waals surface area contributed by atoms with Crippen LogP contribution in [-0.2, 0) is 0 Å². The molecule has 3 N–H and O–H groups in total. The Morgan fingerprint density at radius 2 is 1.89 bits per heavy atom. The van der Waals surface area contributed by atoms with Crippen LogP contribution in [0.2, 0.25) is 5.02 Å². The second kappa shape index (κ2) is 13.0. The van der Waals surface area contributed by atoms with E-state index < -0.39 is 35.1 Å². The molecule has 1 aliphatic carbocycles. The second-order valence-electron chi connectivity index (χ2n) is 9.35. The van der Waals surface area contributed by atoms with E-state index in [0.717, 1.165) is 37.8 Å². The summed E-state index contributed by atoms with van der Waals surface area (Å²) in [6.07, 6.45) is 3.70. The lowest BCUT2D eigenvalue weighted by Crippen LogP contribution is -2.51. The molecule has 1 aromatic heterocycles. The predicted molar refractivity (Wildman–Crippen MR) is 144 cm³/mol. The summed E-state index contributed by atoms with van der Waals surface area (Å²) >= 11 is 9.88. The Hall–Kier alpha value is -2.59. The molecule has 5 nitrogen and oxygen atoms in total. The van der Waals surface area contributed by atoms with Gasteiger partial charge in [0, 0.05) is 28.4 Å². The van der Waals surface area contributed by atoms with Crippen LogP contribution in [0.4, 0.5) is 18.9 Å². The third-order valence-electron chi connectivity index (χ3n) is 7.00. The van der Waals surface area contributed by atoms with E-state index in [-0.39, 0.29) is 23.2 Å². The zero-order valence-electron chi connectivity index (χ0n) is 21.0. The molecule has 38 heavy (non-hydrogen) atoms. The van der Waals surface area contributed by atoms with Crippen LogP contribution in [0.1, 0.15) is 61.7 Å². The Labute approximate surface area is 230 Å². The van der Waals surface area contributed by atoms with Crippen LogP contribution in [0, 0.1) is 29.3 Å². The minimum absolute atomic E-state index is 0.0207. The van der Waals surface area contributed by atoms with E-state index in [9.17, 15) is 28.2 Å². The van der Waals surface area contributed by atoms with Crippen molar-refractivity contribution in [1.29, 1.82) is 0 Å². The van der Waals surface area contributed by atoms with Gasteiger partial charge in [-0.3, -0.25) is 9.78 Å². The molecule has 10 heteroatoms. The molecule has 4 atom stereocenters. The third-order valence-corrected chi connectivity index (χ3v) is 7.83. The number of aliphatic hydroxyl groups is 2. The summed E-state index contributed by atoms with van der Waals surface area (Å²) in [5, 5.41) is 24.4. The van der Waals surface area contributed by atoms with E-state index in [1.54, 1.807) is 0 Å². The quantitative estimate of drug-likeness (QED) is 0.251. The highest BCUT2D eigenvalue weighted by Crippen LogP contribution is 2.47. The van der Waals surface area contributed by atoms with Gasteiger partial charge < -0.3 is 15.5 Å². The summed E-state index contributed by atoms with van der Waals surface area (Å²) in [5.74, 6) is -3.10. The van der Waals surface area contributed by atoms with Crippen LogP contribution in [0.25, 0.3) is 0 Å². The number of anilines is 1. The number of pyridine rings is 1. The summed E-state index contributed by atoms with van der Waals surface area (Å²) in [4.78, 5) is 16.2. The van der Waals surface area contributed by atoms with Gasteiger partial charge in [-0.25, -0.2) is 13.2 Å². The molecule has 0 spiro atoms. The highest BCUT2D eigenvalue weighted by atomic mass is 35.5. The van der Waals surface area contributed by atoms with Crippen LogP contribution < -0.4 is 5.32 Å².